The number of aromatic nitrogens is 1. The van der Waals surface area contributed by atoms with E-state index in [1.807, 2.05) is 0 Å². The molecule has 0 radical (unpaired) electrons. The van der Waals surface area contributed by atoms with Gasteiger partial charge in [-0.1, -0.05) is 5.16 Å². The molecule has 0 bridgehead atoms. The fraction of sp³-hybridized carbons (Fsp3) is 0.0909. The van der Waals surface area contributed by atoms with Crippen LogP contribution in [-0.2, 0) is 0 Å². The zero-order chi connectivity index (χ0) is 10.8. The van der Waals surface area contributed by atoms with Crippen molar-refractivity contribution in [3.63, 3.8) is 0 Å². The maximum Gasteiger partial charge on any atom is 0.177 e. The summed E-state index contributed by atoms with van der Waals surface area (Å²) >= 11 is 0. The van der Waals surface area contributed by atoms with Gasteiger partial charge in [0.2, 0.25) is 0 Å². The molecule has 0 saturated heterocycles. The van der Waals surface area contributed by atoms with Gasteiger partial charge in [0.1, 0.15) is 5.75 Å². The molecule has 0 atom stereocenters. The molecule has 1 aromatic carbocycles. The van der Waals surface area contributed by atoms with Crippen molar-refractivity contribution in [2.24, 2.45) is 0 Å². The summed E-state index contributed by atoms with van der Waals surface area (Å²) in [6, 6.07) is 6.40. The predicted octanol–water partition coefficient (Wildman–Crippen LogP) is 2.25. The van der Waals surface area contributed by atoms with E-state index in [9.17, 15) is 4.79 Å². The van der Waals surface area contributed by atoms with Gasteiger partial charge >= 0.3 is 0 Å². The van der Waals surface area contributed by atoms with Gasteiger partial charge in [0.15, 0.2) is 11.5 Å². The maximum absolute atomic E-state index is 11.2. The molecule has 0 amide bonds. The molecule has 1 aromatic heterocycles. The Morgan fingerprint density at radius 1 is 1.33 bits per heavy atom. The second-order valence-electron chi connectivity index (χ2n) is 3.17. The minimum atomic E-state index is -0.0978. The van der Waals surface area contributed by atoms with E-state index in [0.717, 1.165) is 5.56 Å². The summed E-state index contributed by atoms with van der Waals surface area (Å²) in [7, 11) is 0. The van der Waals surface area contributed by atoms with Gasteiger partial charge in [-0.15, -0.1) is 0 Å². The first-order valence-electron chi connectivity index (χ1n) is 4.43. The molecular formula is C11H9NO3. The number of rotatable bonds is 2. The smallest absolute Gasteiger partial charge is 0.177 e. The number of phenolic OH excluding ortho intramolecular Hbond substituents is 1. The minimum Gasteiger partial charge on any atom is -0.508 e. The van der Waals surface area contributed by atoms with Crippen LogP contribution in [0.5, 0.6) is 5.75 Å². The third-order valence-electron chi connectivity index (χ3n) is 2.08. The van der Waals surface area contributed by atoms with Crippen LogP contribution in [0, 0.1) is 0 Å². The molecular weight excluding hydrogens is 194 g/mol. The highest BCUT2D eigenvalue weighted by Gasteiger charge is 2.13. The molecule has 76 valence electrons. The fourth-order valence-corrected chi connectivity index (χ4v) is 1.31. The SMILES string of the molecule is CC(=O)c1cnoc1-c1ccc(O)cc1. The number of benzene rings is 1. The standard InChI is InChI=1S/C11H9NO3/c1-7(13)10-6-12-15-11(10)8-2-4-9(14)5-3-8/h2-6,14H,1H3. The van der Waals surface area contributed by atoms with E-state index >= 15 is 0 Å². The van der Waals surface area contributed by atoms with Crippen LogP contribution in [-0.4, -0.2) is 16.0 Å². The van der Waals surface area contributed by atoms with Crippen molar-refractivity contribution in [2.45, 2.75) is 6.92 Å². The Morgan fingerprint density at radius 2 is 2.00 bits per heavy atom. The molecule has 1 N–H and O–H groups in total. The van der Waals surface area contributed by atoms with E-state index in [4.69, 9.17) is 9.63 Å². The van der Waals surface area contributed by atoms with Gasteiger partial charge < -0.3 is 9.63 Å². The minimum absolute atomic E-state index is 0.0978. The maximum atomic E-state index is 11.2. The number of carbonyl (C=O) groups excluding carboxylic acids is 1. The molecule has 1 heterocycles. The van der Waals surface area contributed by atoms with Crippen molar-refractivity contribution in [1.29, 1.82) is 0 Å². The largest absolute Gasteiger partial charge is 0.508 e. The third kappa shape index (κ3) is 1.74. The molecule has 2 aromatic rings. The number of phenols is 1. The molecule has 0 aliphatic carbocycles. The quantitative estimate of drug-likeness (QED) is 0.760. The van der Waals surface area contributed by atoms with Crippen LogP contribution in [0.2, 0.25) is 0 Å². The van der Waals surface area contributed by atoms with E-state index < -0.39 is 0 Å². The second kappa shape index (κ2) is 3.57. The van der Waals surface area contributed by atoms with E-state index in [2.05, 4.69) is 5.16 Å². The first-order valence-corrected chi connectivity index (χ1v) is 4.43. The van der Waals surface area contributed by atoms with Crippen LogP contribution < -0.4 is 0 Å². The van der Waals surface area contributed by atoms with E-state index in [1.165, 1.54) is 25.3 Å². The normalized spacial score (nSPS) is 10.2. The number of hydrogen-bond acceptors (Lipinski definition) is 4. The van der Waals surface area contributed by atoms with Gasteiger partial charge in [-0.2, -0.15) is 0 Å². The van der Waals surface area contributed by atoms with Gasteiger partial charge in [0, 0.05) is 5.56 Å². The van der Waals surface area contributed by atoms with Gasteiger partial charge in [-0.3, -0.25) is 4.79 Å². The number of nitrogens with zero attached hydrogens (tertiary/aromatic N) is 1. The van der Waals surface area contributed by atoms with Crippen LogP contribution in [0.4, 0.5) is 0 Å². The van der Waals surface area contributed by atoms with Crippen LogP contribution in [0.3, 0.4) is 0 Å². The van der Waals surface area contributed by atoms with Crippen LogP contribution in [0.25, 0.3) is 11.3 Å². The molecule has 0 aliphatic rings. The highest BCUT2D eigenvalue weighted by atomic mass is 16.5. The molecule has 0 spiro atoms. The van der Waals surface area contributed by atoms with E-state index in [-0.39, 0.29) is 11.5 Å². The van der Waals surface area contributed by atoms with Crippen LogP contribution >= 0.6 is 0 Å². The van der Waals surface area contributed by atoms with Crippen molar-refractivity contribution >= 4 is 5.78 Å². The molecule has 15 heavy (non-hydrogen) atoms. The number of hydrogen-bond donors (Lipinski definition) is 1. The van der Waals surface area contributed by atoms with Crippen molar-refractivity contribution < 1.29 is 14.4 Å². The van der Waals surface area contributed by atoms with Gasteiger partial charge in [-0.25, -0.2) is 0 Å². The van der Waals surface area contributed by atoms with E-state index in [0.29, 0.717) is 11.3 Å². The zero-order valence-electron chi connectivity index (χ0n) is 8.10. The lowest BCUT2D eigenvalue weighted by Crippen LogP contribution is -1.91. The summed E-state index contributed by atoms with van der Waals surface area (Å²) in [6.45, 7) is 1.45. The Labute approximate surface area is 86.1 Å². The summed E-state index contributed by atoms with van der Waals surface area (Å²) in [4.78, 5) is 11.2. The average Bonchev–Trinajstić information content (AvgIpc) is 2.67. The van der Waals surface area contributed by atoms with Crippen molar-refractivity contribution in [1.82, 2.24) is 5.16 Å². The summed E-state index contributed by atoms with van der Waals surface area (Å²) < 4.78 is 5.00. The van der Waals surface area contributed by atoms with Gasteiger partial charge in [-0.05, 0) is 31.2 Å². The Morgan fingerprint density at radius 3 is 2.60 bits per heavy atom. The lowest BCUT2D eigenvalue weighted by molar-refractivity contribution is 0.101. The van der Waals surface area contributed by atoms with Gasteiger partial charge in [0.05, 0.1) is 11.8 Å². The van der Waals surface area contributed by atoms with Crippen LogP contribution in [0.15, 0.2) is 35.0 Å². The van der Waals surface area contributed by atoms with Crippen LogP contribution in [0.1, 0.15) is 17.3 Å². The fourth-order valence-electron chi connectivity index (χ4n) is 1.31. The average molecular weight is 203 g/mol. The molecule has 4 nitrogen and oxygen atoms in total. The van der Waals surface area contributed by atoms with E-state index in [1.54, 1.807) is 12.1 Å². The van der Waals surface area contributed by atoms with Crippen molar-refractivity contribution in [2.75, 3.05) is 0 Å². The monoisotopic (exact) mass is 203 g/mol. The predicted molar refractivity (Wildman–Crippen MR) is 53.6 cm³/mol. The number of carbonyl (C=O) groups is 1. The molecule has 0 aliphatic heterocycles. The lowest BCUT2D eigenvalue weighted by Gasteiger charge is -1.98. The number of Topliss-reactive ketones (excluding diaryl/α,β-unsaturated/α-hetero) is 1. The van der Waals surface area contributed by atoms with Crippen molar-refractivity contribution in [3.8, 4) is 17.1 Å². The summed E-state index contributed by atoms with van der Waals surface area (Å²) in [5.41, 5.74) is 1.16. The molecule has 2 rings (SSSR count). The van der Waals surface area contributed by atoms with Crippen molar-refractivity contribution in [3.05, 3.63) is 36.0 Å². The highest BCUT2D eigenvalue weighted by Crippen LogP contribution is 2.25. The Hall–Kier alpha value is -2.10. The Balaban J connectivity index is 2.49. The summed E-state index contributed by atoms with van der Waals surface area (Å²) in [5, 5.41) is 12.7. The summed E-state index contributed by atoms with van der Waals surface area (Å²) in [5.74, 6) is 0.504. The Bertz CT molecular complexity index is 485. The summed E-state index contributed by atoms with van der Waals surface area (Å²) in [6.07, 6.45) is 1.39. The zero-order valence-corrected chi connectivity index (χ0v) is 8.10. The number of ketones is 1. The molecule has 4 heteroatoms. The van der Waals surface area contributed by atoms with Gasteiger partial charge in [0.25, 0.3) is 0 Å². The molecule has 0 unspecified atom stereocenters. The first-order chi connectivity index (χ1) is 7.18. The molecule has 0 fully saturated rings. The lowest BCUT2D eigenvalue weighted by atomic mass is 10.1. The second-order valence-corrected chi connectivity index (χ2v) is 3.17. The third-order valence-corrected chi connectivity index (χ3v) is 2.08. The highest BCUT2D eigenvalue weighted by molar-refractivity contribution is 5.99. The topological polar surface area (TPSA) is 63.3 Å². The first kappa shape index (κ1) is 9.45. The molecule has 0 saturated carbocycles. The Kier molecular flexibility index (Phi) is 2.25. The number of aromatic hydroxyl groups is 1.